The maximum Gasteiger partial charge on any atom is 0.308 e. The molecule has 3 rings (SSSR count). The van der Waals surface area contributed by atoms with Gasteiger partial charge in [0.05, 0.1) is 12.2 Å². The number of hydrogen-bond acceptors (Lipinski definition) is 5. The summed E-state index contributed by atoms with van der Waals surface area (Å²) in [7, 11) is 0. The summed E-state index contributed by atoms with van der Waals surface area (Å²) in [6.45, 7) is 6.31. The minimum absolute atomic E-state index is 0. The highest BCUT2D eigenvalue weighted by Crippen LogP contribution is 2.18. The molecule has 1 aliphatic heterocycles. The molecule has 8 heteroatoms. The maximum atomic E-state index is 13.2. The molecule has 148 valence electrons. The molecule has 1 aliphatic rings. The summed E-state index contributed by atoms with van der Waals surface area (Å²) in [5, 5.41) is 3.40. The fourth-order valence-corrected chi connectivity index (χ4v) is 4.23. The number of aryl methyl sites for hydroxylation is 1. The van der Waals surface area contributed by atoms with Crippen LogP contribution in [0.2, 0.25) is 0 Å². The van der Waals surface area contributed by atoms with Gasteiger partial charge in [0.1, 0.15) is 6.54 Å². The van der Waals surface area contributed by atoms with E-state index in [0.29, 0.717) is 6.54 Å². The van der Waals surface area contributed by atoms with Gasteiger partial charge in [-0.15, -0.1) is 12.4 Å². The predicted octanol–water partition coefficient (Wildman–Crippen LogP) is 2.51. The average Bonchev–Trinajstić information content (AvgIpc) is 2.85. The molecule has 0 spiro atoms. The highest BCUT2D eigenvalue weighted by molar-refractivity contribution is 7.09. The van der Waals surface area contributed by atoms with Crippen LogP contribution in [0.1, 0.15) is 35.5 Å². The molecule has 0 aromatic carbocycles. The van der Waals surface area contributed by atoms with Crippen LogP contribution in [0, 0.1) is 13.8 Å². The number of hydrogen-bond donors (Lipinski definition) is 1. The van der Waals surface area contributed by atoms with Crippen LogP contribution in [0.3, 0.4) is 0 Å². The molecular formula is C19H27ClN4O2S. The Morgan fingerprint density at radius 2 is 2.15 bits per heavy atom. The van der Waals surface area contributed by atoms with Gasteiger partial charge in [-0.1, -0.05) is 17.4 Å². The van der Waals surface area contributed by atoms with Gasteiger partial charge in [0, 0.05) is 22.8 Å². The van der Waals surface area contributed by atoms with Gasteiger partial charge in [0.15, 0.2) is 0 Å². The van der Waals surface area contributed by atoms with Crippen LogP contribution in [0.4, 0.5) is 0 Å². The lowest BCUT2D eigenvalue weighted by Crippen LogP contribution is -2.43. The van der Waals surface area contributed by atoms with E-state index in [2.05, 4.69) is 10.3 Å². The van der Waals surface area contributed by atoms with E-state index in [9.17, 15) is 9.59 Å². The Balaban J connectivity index is 0.00000261. The molecule has 1 unspecified atom stereocenters. The van der Waals surface area contributed by atoms with Gasteiger partial charge in [0.2, 0.25) is 5.91 Å². The number of carbonyl (C=O) groups excluding carboxylic acids is 1. The Hall–Kier alpha value is -1.70. The number of rotatable bonds is 5. The summed E-state index contributed by atoms with van der Waals surface area (Å²) in [5.74, 6) is -0.00875. The van der Waals surface area contributed by atoms with Gasteiger partial charge in [-0.3, -0.25) is 19.1 Å². The lowest BCUT2D eigenvalue weighted by atomic mass is 10.1. The zero-order chi connectivity index (χ0) is 18.5. The largest absolute Gasteiger partial charge is 0.332 e. The first-order chi connectivity index (χ1) is 12.6. The SMILES string of the molecule is Cc1sc(=O)n(CC(=O)N(Cc2ccccn2)C2CCCNCC2)c1C.Cl. The van der Waals surface area contributed by atoms with Gasteiger partial charge in [-0.25, -0.2) is 0 Å². The quantitative estimate of drug-likeness (QED) is 0.822. The second-order valence-electron chi connectivity index (χ2n) is 6.77. The third kappa shape index (κ3) is 5.40. The highest BCUT2D eigenvalue weighted by Gasteiger charge is 2.26. The van der Waals surface area contributed by atoms with Gasteiger partial charge in [0.25, 0.3) is 0 Å². The average molecular weight is 411 g/mol. The molecule has 3 heterocycles. The number of amides is 1. The first kappa shape index (κ1) is 21.6. The molecule has 0 aliphatic carbocycles. The van der Waals surface area contributed by atoms with E-state index in [1.807, 2.05) is 36.9 Å². The summed E-state index contributed by atoms with van der Waals surface area (Å²) >= 11 is 1.21. The van der Waals surface area contributed by atoms with Gasteiger partial charge >= 0.3 is 4.87 Å². The van der Waals surface area contributed by atoms with Crippen molar-refractivity contribution in [3.63, 3.8) is 0 Å². The van der Waals surface area contributed by atoms with E-state index in [-0.39, 0.29) is 35.8 Å². The molecule has 1 amide bonds. The molecule has 1 saturated heterocycles. The van der Waals surface area contributed by atoms with Crippen molar-refractivity contribution < 1.29 is 4.79 Å². The van der Waals surface area contributed by atoms with Crippen molar-refractivity contribution >= 4 is 29.7 Å². The van der Waals surface area contributed by atoms with Crippen molar-refractivity contribution in [2.24, 2.45) is 0 Å². The minimum atomic E-state index is -0.0614. The van der Waals surface area contributed by atoms with Crippen LogP contribution in [-0.2, 0) is 17.9 Å². The number of carbonyl (C=O) groups is 1. The molecule has 6 nitrogen and oxygen atoms in total. The Bertz CT molecular complexity index is 798. The van der Waals surface area contributed by atoms with Gasteiger partial charge in [-0.2, -0.15) is 0 Å². The summed E-state index contributed by atoms with van der Waals surface area (Å²) in [6, 6.07) is 5.94. The minimum Gasteiger partial charge on any atom is -0.332 e. The normalized spacial score (nSPS) is 17.0. The Labute approximate surface area is 170 Å². The molecule has 0 bridgehead atoms. The lowest BCUT2D eigenvalue weighted by Gasteiger charge is -2.31. The fourth-order valence-electron chi connectivity index (χ4n) is 3.40. The number of nitrogens with one attached hydrogen (secondary N) is 1. The van der Waals surface area contributed by atoms with Crippen LogP contribution in [0.25, 0.3) is 0 Å². The number of pyridine rings is 1. The monoisotopic (exact) mass is 410 g/mol. The molecule has 1 N–H and O–H groups in total. The second-order valence-corrected chi connectivity index (χ2v) is 7.94. The molecule has 1 atom stereocenters. The van der Waals surface area contributed by atoms with E-state index >= 15 is 0 Å². The predicted molar refractivity (Wildman–Crippen MR) is 111 cm³/mol. The summed E-state index contributed by atoms with van der Waals surface area (Å²) < 4.78 is 1.60. The van der Waals surface area contributed by atoms with Crippen molar-refractivity contribution in [1.82, 2.24) is 19.8 Å². The van der Waals surface area contributed by atoms with Crippen molar-refractivity contribution in [2.75, 3.05) is 13.1 Å². The van der Waals surface area contributed by atoms with E-state index in [0.717, 1.165) is 48.6 Å². The number of halogens is 1. The van der Waals surface area contributed by atoms with E-state index in [4.69, 9.17) is 0 Å². The van der Waals surface area contributed by atoms with E-state index in [1.54, 1.807) is 10.8 Å². The van der Waals surface area contributed by atoms with Crippen molar-refractivity contribution in [1.29, 1.82) is 0 Å². The van der Waals surface area contributed by atoms with Crippen molar-refractivity contribution in [2.45, 2.75) is 52.2 Å². The fraction of sp³-hybridized carbons (Fsp3) is 0.526. The summed E-state index contributed by atoms with van der Waals surface area (Å²) in [4.78, 5) is 32.6. The molecule has 2 aromatic rings. The first-order valence-electron chi connectivity index (χ1n) is 9.13. The topological polar surface area (TPSA) is 67.2 Å². The smallest absolute Gasteiger partial charge is 0.308 e. The first-order valence-corrected chi connectivity index (χ1v) is 9.95. The van der Waals surface area contributed by atoms with Crippen LogP contribution in [0.5, 0.6) is 0 Å². The van der Waals surface area contributed by atoms with Crippen LogP contribution < -0.4 is 10.2 Å². The number of aromatic nitrogens is 2. The van der Waals surface area contributed by atoms with Gasteiger partial charge in [-0.05, 0) is 58.3 Å². The van der Waals surface area contributed by atoms with Crippen LogP contribution >= 0.6 is 23.7 Å². The van der Waals surface area contributed by atoms with Crippen LogP contribution in [0.15, 0.2) is 29.2 Å². The molecule has 2 aromatic heterocycles. The standard InChI is InChI=1S/C19H26N4O2S.ClH/c1-14-15(2)26-19(25)22(14)13-18(24)23(12-16-6-3-4-10-21-16)17-7-5-9-20-11-8-17;/h3-4,6,10,17,20H,5,7-9,11-13H2,1-2H3;1H. The van der Waals surface area contributed by atoms with Crippen molar-refractivity contribution in [3.8, 4) is 0 Å². The summed E-state index contributed by atoms with van der Waals surface area (Å²) in [6.07, 6.45) is 4.70. The molecule has 0 saturated carbocycles. The Morgan fingerprint density at radius 3 is 2.81 bits per heavy atom. The number of nitrogens with zero attached hydrogens (tertiary/aromatic N) is 3. The molecular weight excluding hydrogens is 384 g/mol. The highest BCUT2D eigenvalue weighted by atomic mass is 35.5. The maximum absolute atomic E-state index is 13.2. The zero-order valence-corrected chi connectivity index (χ0v) is 17.4. The Kier molecular flexibility index (Phi) is 8.01. The second kappa shape index (κ2) is 10.0. The number of thiazole rings is 1. The summed E-state index contributed by atoms with van der Waals surface area (Å²) in [5.41, 5.74) is 1.76. The molecule has 0 radical (unpaired) electrons. The van der Waals surface area contributed by atoms with Gasteiger partial charge < -0.3 is 10.2 Å². The Morgan fingerprint density at radius 1 is 1.33 bits per heavy atom. The molecule has 27 heavy (non-hydrogen) atoms. The van der Waals surface area contributed by atoms with Crippen molar-refractivity contribution in [3.05, 3.63) is 50.3 Å². The van der Waals surface area contributed by atoms with Crippen LogP contribution in [-0.4, -0.2) is 39.5 Å². The van der Waals surface area contributed by atoms with E-state index < -0.39 is 0 Å². The lowest BCUT2D eigenvalue weighted by molar-refractivity contribution is -0.135. The van der Waals surface area contributed by atoms with E-state index in [1.165, 1.54) is 11.3 Å². The third-order valence-electron chi connectivity index (χ3n) is 5.03. The zero-order valence-electron chi connectivity index (χ0n) is 15.8. The molecule has 1 fully saturated rings. The third-order valence-corrected chi connectivity index (χ3v) is 6.03.